The molecule has 0 radical (unpaired) electrons. The Kier molecular flexibility index (Phi) is 6.72. The number of hydrogen-bond acceptors (Lipinski definition) is 9. The van der Waals surface area contributed by atoms with E-state index in [1.165, 1.54) is 36.3 Å². The van der Waals surface area contributed by atoms with Crippen LogP contribution in [0.4, 0.5) is 15.8 Å². The summed E-state index contributed by atoms with van der Waals surface area (Å²) in [6.07, 6.45) is 2.47. The molecule has 1 fully saturated rings. The molecular formula is C21H12ClFN4O5S2. The van der Waals surface area contributed by atoms with Gasteiger partial charge < -0.3 is 9.47 Å². The highest BCUT2D eigenvalue weighted by Crippen LogP contribution is 2.38. The fourth-order valence-electron chi connectivity index (χ4n) is 2.95. The Morgan fingerprint density at radius 2 is 2.06 bits per heavy atom. The van der Waals surface area contributed by atoms with Gasteiger partial charge in [-0.1, -0.05) is 36.1 Å². The van der Waals surface area contributed by atoms with Gasteiger partial charge in [0.25, 0.3) is 17.5 Å². The first-order valence-electron chi connectivity index (χ1n) is 9.33. The van der Waals surface area contributed by atoms with Crippen LogP contribution in [0, 0.1) is 15.9 Å². The van der Waals surface area contributed by atoms with E-state index in [4.69, 9.17) is 33.3 Å². The molecule has 1 aliphatic heterocycles. The average Bonchev–Trinajstić information content (AvgIpc) is 3.09. The number of carbonyl (C=O) groups excluding carboxylic acids is 1. The average molecular weight is 519 g/mol. The highest BCUT2D eigenvalue weighted by molar-refractivity contribution is 8.27. The Labute approximate surface area is 206 Å². The number of thiocarbonyl (C=S) groups is 1. The molecule has 34 heavy (non-hydrogen) atoms. The molecule has 2 heterocycles. The molecule has 0 spiro atoms. The molecule has 0 N–H and O–H groups in total. The zero-order valence-corrected chi connectivity index (χ0v) is 19.5. The smallest absolute Gasteiger partial charge is 0.271 e. The number of nitro benzene ring substituents is 1. The van der Waals surface area contributed by atoms with Gasteiger partial charge in [0, 0.05) is 12.1 Å². The van der Waals surface area contributed by atoms with Crippen molar-refractivity contribution in [3.05, 3.63) is 80.3 Å². The second-order valence-electron chi connectivity index (χ2n) is 6.60. The van der Waals surface area contributed by atoms with Crippen molar-refractivity contribution in [3.63, 3.8) is 0 Å². The van der Waals surface area contributed by atoms with E-state index in [1.54, 1.807) is 24.3 Å². The minimum Gasteiger partial charge on any atom is -0.493 e. The summed E-state index contributed by atoms with van der Waals surface area (Å²) in [6.45, 7) is 0. The van der Waals surface area contributed by atoms with Crippen molar-refractivity contribution in [2.75, 3.05) is 12.0 Å². The Morgan fingerprint density at radius 1 is 1.26 bits per heavy atom. The predicted molar refractivity (Wildman–Crippen MR) is 129 cm³/mol. The molecule has 4 rings (SSSR count). The highest BCUT2D eigenvalue weighted by atomic mass is 35.5. The van der Waals surface area contributed by atoms with Crippen LogP contribution in [-0.4, -0.2) is 32.2 Å². The largest absolute Gasteiger partial charge is 0.493 e. The van der Waals surface area contributed by atoms with E-state index in [0.717, 1.165) is 18.0 Å². The summed E-state index contributed by atoms with van der Waals surface area (Å²) >= 11 is 12.1. The number of aromatic nitrogens is 2. The highest BCUT2D eigenvalue weighted by Gasteiger charge is 2.34. The van der Waals surface area contributed by atoms with Gasteiger partial charge in [0.2, 0.25) is 11.1 Å². The molecule has 0 unspecified atom stereocenters. The van der Waals surface area contributed by atoms with Gasteiger partial charge in [-0.15, -0.1) is 0 Å². The number of amides is 1. The number of rotatable bonds is 6. The molecule has 0 bridgehead atoms. The van der Waals surface area contributed by atoms with E-state index >= 15 is 0 Å². The number of nitrogens with zero attached hydrogens (tertiary/aromatic N) is 4. The summed E-state index contributed by atoms with van der Waals surface area (Å²) < 4.78 is 24.9. The first-order chi connectivity index (χ1) is 16.3. The number of halogens is 2. The quantitative estimate of drug-likeness (QED) is 0.140. The van der Waals surface area contributed by atoms with Gasteiger partial charge in [0.05, 0.1) is 28.8 Å². The van der Waals surface area contributed by atoms with E-state index in [9.17, 15) is 19.3 Å². The van der Waals surface area contributed by atoms with Crippen LogP contribution in [0.1, 0.15) is 5.56 Å². The van der Waals surface area contributed by atoms with Crippen LogP contribution in [0.25, 0.3) is 6.08 Å². The summed E-state index contributed by atoms with van der Waals surface area (Å²) in [4.78, 5) is 32.3. The topological polar surface area (TPSA) is 108 Å². The Morgan fingerprint density at radius 3 is 2.79 bits per heavy atom. The number of anilines is 1. The lowest BCUT2D eigenvalue weighted by Gasteiger charge is -2.14. The van der Waals surface area contributed by atoms with Crippen molar-refractivity contribution in [1.29, 1.82) is 0 Å². The standard InChI is InChI=1S/C21H12ClFN4O5S2/c1-31-16-7-11(5-6-15(16)32-18-14(23)10-24-20(22)25-18)8-17-19(28)26(21(33)34-17)12-3-2-4-13(9-12)27(29)30/h2-10H,1H3/b17-8+. The molecule has 0 atom stereocenters. The van der Waals surface area contributed by atoms with Crippen molar-refractivity contribution >= 4 is 63.3 Å². The SMILES string of the molecule is COc1cc(/C=C2/SC(=S)N(c3cccc([N+](=O)[O-])c3)C2=O)ccc1Oc1nc(Cl)ncc1F. The first-order valence-corrected chi connectivity index (χ1v) is 10.9. The Hall–Kier alpha value is -3.61. The zero-order chi connectivity index (χ0) is 24.4. The number of carbonyl (C=O) groups is 1. The number of non-ortho nitro benzene ring substituents is 1. The molecule has 2 aromatic carbocycles. The Bertz CT molecular complexity index is 1370. The van der Waals surface area contributed by atoms with Gasteiger partial charge in [-0.3, -0.25) is 19.8 Å². The lowest BCUT2D eigenvalue weighted by atomic mass is 10.1. The Balaban J connectivity index is 1.61. The monoisotopic (exact) mass is 518 g/mol. The summed E-state index contributed by atoms with van der Waals surface area (Å²) in [5, 5.41) is 10.9. The van der Waals surface area contributed by atoms with Crippen LogP contribution in [0.3, 0.4) is 0 Å². The third-order valence-corrected chi connectivity index (χ3v) is 5.95. The second kappa shape index (κ2) is 9.71. The maximum Gasteiger partial charge on any atom is 0.271 e. The summed E-state index contributed by atoms with van der Waals surface area (Å²) in [5.41, 5.74) is 0.717. The van der Waals surface area contributed by atoms with Gasteiger partial charge in [-0.25, -0.2) is 4.98 Å². The van der Waals surface area contributed by atoms with Gasteiger partial charge in [0.15, 0.2) is 15.8 Å². The lowest BCUT2D eigenvalue weighted by molar-refractivity contribution is -0.384. The molecule has 13 heteroatoms. The predicted octanol–water partition coefficient (Wildman–Crippen LogP) is 5.38. The van der Waals surface area contributed by atoms with Gasteiger partial charge in [-0.05, 0) is 41.4 Å². The normalized spacial score (nSPS) is 14.6. The van der Waals surface area contributed by atoms with Crippen molar-refractivity contribution in [3.8, 4) is 17.4 Å². The third-order valence-electron chi connectivity index (χ3n) is 4.47. The molecule has 9 nitrogen and oxygen atoms in total. The minimum atomic E-state index is -0.805. The van der Waals surface area contributed by atoms with Gasteiger partial charge in [0.1, 0.15) is 0 Å². The second-order valence-corrected chi connectivity index (χ2v) is 8.61. The summed E-state index contributed by atoms with van der Waals surface area (Å²) in [6, 6.07) is 10.4. The fourth-order valence-corrected chi connectivity index (χ4v) is 4.38. The van der Waals surface area contributed by atoms with Crippen molar-refractivity contribution in [1.82, 2.24) is 9.97 Å². The molecule has 1 amide bonds. The molecule has 1 aliphatic rings. The summed E-state index contributed by atoms with van der Waals surface area (Å²) in [5.74, 6) is -1.19. The molecule has 1 aromatic heterocycles. The first kappa shape index (κ1) is 23.5. The maximum absolute atomic E-state index is 13.9. The molecule has 0 aliphatic carbocycles. The molecule has 1 saturated heterocycles. The number of benzene rings is 2. The third kappa shape index (κ3) is 4.83. The van der Waals surface area contributed by atoms with Crippen LogP contribution in [0.2, 0.25) is 5.28 Å². The van der Waals surface area contributed by atoms with E-state index in [0.29, 0.717) is 16.2 Å². The van der Waals surface area contributed by atoms with Gasteiger partial charge >= 0.3 is 0 Å². The van der Waals surface area contributed by atoms with E-state index < -0.39 is 16.6 Å². The van der Waals surface area contributed by atoms with Crippen molar-refractivity contribution in [2.45, 2.75) is 0 Å². The zero-order valence-electron chi connectivity index (χ0n) is 17.1. The van der Waals surface area contributed by atoms with Crippen LogP contribution >= 0.6 is 35.6 Å². The number of nitro groups is 1. The molecule has 0 saturated carbocycles. The number of ether oxygens (including phenoxy) is 2. The van der Waals surface area contributed by atoms with Crippen molar-refractivity contribution in [2.24, 2.45) is 0 Å². The summed E-state index contributed by atoms with van der Waals surface area (Å²) in [7, 11) is 1.40. The minimum absolute atomic E-state index is 0.155. The van der Waals surface area contributed by atoms with Crippen LogP contribution < -0.4 is 14.4 Å². The van der Waals surface area contributed by atoms with Gasteiger partial charge in [-0.2, -0.15) is 9.37 Å². The maximum atomic E-state index is 13.9. The number of methoxy groups -OCH3 is 1. The van der Waals surface area contributed by atoms with E-state index in [-0.39, 0.29) is 32.7 Å². The van der Waals surface area contributed by atoms with E-state index in [1.807, 2.05) is 0 Å². The number of hydrogen-bond donors (Lipinski definition) is 0. The molecule has 3 aromatic rings. The molecule has 172 valence electrons. The van der Waals surface area contributed by atoms with E-state index in [2.05, 4.69) is 9.97 Å². The van der Waals surface area contributed by atoms with Crippen LogP contribution in [0.15, 0.2) is 53.6 Å². The fraction of sp³-hybridized carbons (Fsp3) is 0.0476. The number of thioether (sulfide) groups is 1. The lowest BCUT2D eigenvalue weighted by Crippen LogP contribution is -2.27. The molecular weight excluding hydrogens is 507 g/mol. The van der Waals surface area contributed by atoms with Crippen molar-refractivity contribution < 1.29 is 23.6 Å². The van der Waals surface area contributed by atoms with Crippen LogP contribution in [0.5, 0.6) is 17.4 Å². The van der Waals surface area contributed by atoms with Crippen LogP contribution in [-0.2, 0) is 4.79 Å².